The molecule has 0 heterocycles. The minimum Gasteiger partial charge on any atom is -0.271 e. The van der Waals surface area contributed by atoms with Crippen molar-refractivity contribution in [1.82, 2.24) is 5.43 Å². The van der Waals surface area contributed by atoms with Crippen LogP contribution in [0, 0.1) is 29.4 Å². The van der Waals surface area contributed by atoms with Gasteiger partial charge in [0.25, 0.3) is 0 Å². The van der Waals surface area contributed by atoms with Crippen LogP contribution in [0.15, 0.2) is 18.2 Å². The molecule has 0 saturated heterocycles. The molecule has 2 aliphatic carbocycles. The first kappa shape index (κ1) is 13.0. The van der Waals surface area contributed by atoms with Crippen molar-refractivity contribution >= 4 is 0 Å². The Morgan fingerprint density at radius 1 is 1.26 bits per heavy atom. The summed E-state index contributed by atoms with van der Waals surface area (Å²) in [7, 11) is 0. The molecule has 0 spiro atoms. The van der Waals surface area contributed by atoms with Gasteiger partial charge in [0.05, 0.1) is 0 Å². The standard InChI is InChI=1S/C15H20F2N2/c16-13-3-1-2-12(15(13)17)14(19-18)8-11-7-9-4-5-10(11)6-9/h1-3,9-11,14,19H,4-8,18H2. The first-order valence-corrected chi connectivity index (χ1v) is 7.09. The highest BCUT2D eigenvalue weighted by Crippen LogP contribution is 2.50. The molecule has 2 bridgehead atoms. The molecule has 0 aliphatic heterocycles. The lowest BCUT2D eigenvalue weighted by atomic mass is 9.83. The molecule has 1 aromatic carbocycles. The summed E-state index contributed by atoms with van der Waals surface area (Å²) in [6.45, 7) is 0. The maximum Gasteiger partial charge on any atom is 0.163 e. The molecule has 104 valence electrons. The second-order valence-electron chi connectivity index (χ2n) is 6.03. The highest BCUT2D eigenvalue weighted by molar-refractivity contribution is 5.22. The average molecular weight is 266 g/mol. The summed E-state index contributed by atoms with van der Waals surface area (Å²) in [5.41, 5.74) is 3.02. The van der Waals surface area contributed by atoms with E-state index in [1.807, 2.05) is 0 Å². The van der Waals surface area contributed by atoms with E-state index in [1.54, 1.807) is 12.1 Å². The Morgan fingerprint density at radius 3 is 2.74 bits per heavy atom. The molecule has 3 N–H and O–H groups in total. The fourth-order valence-corrected chi connectivity index (χ4v) is 4.04. The zero-order valence-corrected chi connectivity index (χ0v) is 10.9. The third-order valence-corrected chi connectivity index (χ3v) is 4.98. The van der Waals surface area contributed by atoms with Crippen molar-refractivity contribution in [3.05, 3.63) is 35.4 Å². The van der Waals surface area contributed by atoms with Gasteiger partial charge in [-0.3, -0.25) is 11.3 Å². The summed E-state index contributed by atoms with van der Waals surface area (Å²) in [4.78, 5) is 0. The monoisotopic (exact) mass is 266 g/mol. The van der Waals surface area contributed by atoms with Gasteiger partial charge in [-0.2, -0.15) is 0 Å². The Bertz CT molecular complexity index is 463. The van der Waals surface area contributed by atoms with Gasteiger partial charge in [0.15, 0.2) is 11.6 Å². The number of nitrogens with two attached hydrogens (primary N) is 1. The molecule has 19 heavy (non-hydrogen) atoms. The zero-order chi connectivity index (χ0) is 13.4. The van der Waals surface area contributed by atoms with Crippen LogP contribution in [0.3, 0.4) is 0 Å². The second kappa shape index (κ2) is 5.17. The molecular formula is C15H20F2N2. The molecule has 2 aliphatic rings. The summed E-state index contributed by atoms with van der Waals surface area (Å²) >= 11 is 0. The van der Waals surface area contributed by atoms with Gasteiger partial charge in [-0.25, -0.2) is 8.78 Å². The van der Waals surface area contributed by atoms with E-state index in [0.29, 0.717) is 11.5 Å². The van der Waals surface area contributed by atoms with Gasteiger partial charge in [-0.05, 0) is 49.5 Å². The molecule has 0 radical (unpaired) electrons. The van der Waals surface area contributed by atoms with Crippen LogP contribution in [0.2, 0.25) is 0 Å². The molecule has 1 aromatic rings. The molecule has 4 heteroatoms. The molecule has 2 saturated carbocycles. The van der Waals surface area contributed by atoms with Crippen LogP contribution in [-0.2, 0) is 0 Å². The molecule has 0 amide bonds. The Hall–Kier alpha value is -1.00. The second-order valence-corrected chi connectivity index (χ2v) is 6.03. The predicted molar refractivity (Wildman–Crippen MR) is 70.0 cm³/mol. The lowest BCUT2D eigenvalue weighted by molar-refractivity contribution is 0.276. The van der Waals surface area contributed by atoms with Crippen LogP contribution in [0.5, 0.6) is 0 Å². The number of benzene rings is 1. The largest absolute Gasteiger partial charge is 0.271 e. The first-order chi connectivity index (χ1) is 9.19. The van der Waals surface area contributed by atoms with E-state index in [2.05, 4.69) is 5.43 Å². The topological polar surface area (TPSA) is 38.0 Å². The van der Waals surface area contributed by atoms with Crippen molar-refractivity contribution in [1.29, 1.82) is 0 Å². The van der Waals surface area contributed by atoms with Gasteiger partial charge >= 0.3 is 0 Å². The molecule has 4 atom stereocenters. The van der Waals surface area contributed by atoms with Crippen LogP contribution < -0.4 is 11.3 Å². The van der Waals surface area contributed by atoms with Crippen LogP contribution in [0.1, 0.15) is 43.7 Å². The summed E-state index contributed by atoms with van der Waals surface area (Å²) in [5.74, 6) is 6.20. The Morgan fingerprint density at radius 2 is 2.11 bits per heavy atom. The molecule has 2 nitrogen and oxygen atoms in total. The van der Waals surface area contributed by atoms with Crippen molar-refractivity contribution in [3.63, 3.8) is 0 Å². The number of hydrogen-bond donors (Lipinski definition) is 2. The Labute approximate surface area is 112 Å². The maximum absolute atomic E-state index is 13.8. The van der Waals surface area contributed by atoms with E-state index in [1.165, 1.54) is 25.7 Å². The third kappa shape index (κ3) is 2.39. The van der Waals surface area contributed by atoms with Gasteiger partial charge in [-0.15, -0.1) is 0 Å². The number of halogens is 2. The molecule has 2 fully saturated rings. The molecule has 4 unspecified atom stereocenters. The van der Waals surface area contributed by atoms with Crippen molar-refractivity contribution in [2.45, 2.75) is 38.1 Å². The van der Waals surface area contributed by atoms with Crippen LogP contribution in [-0.4, -0.2) is 0 Å². The average Bonchev–Trinajstić information content (AvgIpc) is 3.02. The van der Waals surface area contributed by atoms with Crippen molar-refractivity contribution in [2.24, 2.45) is 23.6 Å². The van der Waals surface area contributed by atoms with Gasteiger partial charge in [0.1, 0.15) is 0 Å². The fraction of sp³-hybridized carbons (Fsp3) is 0.600. The van der Waals surface area contributed by atoms with Gasteiger partial charge in [0, 0.05) is 11.6 Å². The fourth-order valence-electron chi connectivity index (χ4n) is 4.04. The van der Waals surface area contributed by atoms with E-state index in [4.69, 9.17) is 5.84 Å². The normalized spacial score (nSPS) is 30.8. The van der Waals surface area contributed by atoms with E-state index in [9.17, 15) is 8.78 Å². The minimum atomic E-state index is -0.800. The van der Waals surface area contributed by atoms with Crippen molar-refractivity contribution in [2.75, 3.05) is 0 Å². The number of rotatable bonds is 4. The number of fused-ring (bicyclic) bond motifs is 2. The molecule has 3 rings (SSSR count). The van der Waals surface area contributed by atoms with Crippen LogP contribution in [0.25, 0.3) is 0 Å². The number of hydrazine groups is 1. The van der Waals surface area contributed by atoms with Crippen LogP contribution in [0.4, 0.5) is 8.78 Å². The SMILES string of the molecule is NNC(CC1CC2CCC1C2)c1cccc(F)c1F. The molecular weight excluding hydrogens is 246 g/mol. The summed E-state index contributed by atoms with van der Waals surface area (Å²) in [5, 5.41) is 0. The summed E-state index contributed by atoms with van der Waals surface area (Å²) in [6, 6.07) is 4.01. The third-order valence-electron chi connectivity index (χ3n) is 4.98. The lowest BCUT2D eigenvalue weighted by Gasteiger charge is -2.26. The van der Waals surface area contributed by atoms with Crippen molar-refractivity contribution < 1.29 is 8.78 Å². The lowest BCUT2D eigenvalue weighted by Crippen LogP contribution is -2.31. The van der Waals surface area contributed by atoms with E-state index < -0.39 is 11.6 Å². The Kier molecular flexibility index (Phi) is 3.54. The van der Waals surface area contributed by atoms with Gasteiger partial charge < -0.3 is 0 Å². The zero-order valence-electron chi connectivity index (χ0n) is 10.9. The molecule has 0 aromatic heterocycles. The van der Waals surface area contributed by atoms with Crippen molar-refractivity contribution in [3.8, 4) is 0 Å². The van der Waals surface area contributed by atoms with Gasteiger partial charge in [0.2, 0.25) is 0 Å². The van der Waals surface area contributed by atoms with E-state index in [-0.39, 0.29) is 6.04 Å². The number of hydrogen-bond acceptors (Lipinski definition) is 2. The summed E-state index contributed by atoms with van der Waals surface area (Å²) in [6.07, 6.45) is 5.97. The maximum atomic E-state index is 13.8. The Balaban J connectivity index is 1.75. The highest BCUT2D eigenvalue weighted by Gasteiger charge is 2.40. The highest BCUT2D eigenvalue weighted by atomic mass is 19.2. The first-order valence-electron chi connectivity index (χ1n) is 7.09. The van der Waals surface area contributed by atoms with E-state index >= 15 is 0 Å². The number of nitrogens with one attached hydrogen (secondary N) is 1. The summed E-state index contributed by atoms with van der Waals surface area (Å²) < 4.78 is 27.1. The quantitative estimate of drug-likeness (QED) is 0.648. The smallest absolute Gasteiger partial charge is 0.163 e. The van der Waals surface area contributed by atoms with Gasteiger partial charge in [-0.1, -0.05) is 18.6 Å². The van der Waals surface area contributed by atoms with E-state index in [0.717, 1.165) is 24.3 Å². The van der Waals surface area contributed by atoms with Crippen LogP contribution >= 0.6 is 0 Å². The predicted octanol–water partition coefficient (Wildman–Crippen LogP) is 3.30. The minimum absolute atomic E-state index is 0.292.